The number of rotatable bonds is 3. The van der Waals surface area contributed by atoms with Crippen LogP contribution < -0.4 is 10.6 Å². The zero-order valence-corrected chi connectivity index (χ0v) is 13.6. The first-order valence-corrected chi connectivity index (χ1v) is 7.65. The zero-order valence-electron chi connectivity index (χ0n) is 12.1. The third kappa shape index (κ3) is 3.46. The molecule has 2 aromatic rings. The lowest BCUT2D eigenvalue weighted by Crippen LogP contribution is -2.36. The van der Waals surface area contributed by atoms with Crippen molar-refractivity contribution in [1.82, 2.24) is 14.8 Å². The van der Waals surface area contributed by atoms with Crippen molar-refractivity contribution >= 4 is 46.7 Å². The Morgan fingerprint density at radius 2 is 2.22 bits per heavy atom. The molecule has 9 heteroatoms. The smallest absolute Gasteiger partial charge is 0.232 e. The van der Waals surface area contributed by atoms with E-state index in [1.165, 1.54) is 0 Å². The van der Waals surface area contributed by atoms with Crippen molar-refractivity contribution in [3.05, 3.63) is 34.1 Å². The van der Waals surface area contributed by atoms with Gasteiger partial charge in [0.25, 0.3) is 0 Å². The number of aromatic nitrogens is 3. The highest BCUT2D eigenvalue weighted by atomic mass is 35.5. The summed E-state index contributed by atoms with van der Waals surface area (Å²) in [5.41, 5.74) is 0.526. The Bertz CT molecular complexity index is 789. The van der Waals surface area contributed by atoms with Crippen LogP contribution in [0.1, 0.15) is 12.2 Å². The number of halogens is 2. The molecule has 0 fully saturated rings. The van der Waals surface area contributed by atoms with E-state index in [0.29, 0.717) is 34.1 Å². The maximum absolute atomic E-state index is 12.1. The van der Waals surface area contributed by atoms with Gasteiger partial charge in [-0.25, -0.2) is 4.68 Å². The van der Waals surface area contributed by atoms with Gasteiger partial charge in [0, 0.05) is 12.1 Å². The Morgan fingerprint density at radius 3 is 2.96 bits per heavy atom. The molecule has 0 radical (unpaired) electrons. The van der Waals surface area contributed by atoms with Gasteiger partial charge >= 0.3 is 0 Å². The van der Waals surface area contributed by atoms with Gasteiger partial charge in [-0.05, 0) is 25.1 Å². The minimum absolute atomic E-state index is 0.0322. The van der Waals surface area contributed by atoms with Crippen LogP contribution in [0, 0.1) is 12.8 Å². The first kappa shape index (κ1) is 15.8. The molecule has 2 amide bonds. The topological polar surface area (TPSA) is 88.9 Å². The van der Waals surface area contributed by atoms with Crippen molar-refractivity contribution in [1.29, 1.82) is 0 Å². The summed E-state index contributed by atoms with van der Waals surface area (Å²) in [5, 5.41) is 10.3. The maximum Gasteiger partial charge on any atom is 0.232 e. The Hall–Kier alpha value is -2.12. The third-order valence-corrected chi connectivity index (χ3v) is 4.15. The molecule has 3 rings (SSSR count). The molecule has 0 spiro atoms. The van der Waals surface area contributed by atoms with Crippen molar-refractivity contribution in [3.63, 3.8) is 0 Å². The average Bonchev–Trinajstić information content (AvgIpc) is 2.82. The largest absolute Gasteiger partial charge is 0.326 e. The number of carbonyl (C=O) groups is 2. The van der Waals surface area contributed by atoms with Crippen molar-refractivity contribution in [2.24, 2.45) is 5.92 Å². The van der Waals surface area contributed by atoms with E-state index in [1.54, 1.807) is 29.8 Å². The molecule has 1 aliphatic heterocycles. The number of hydrogen-bond donors (Lipinski definition) is 2. The molecule has 0 saturated carbocycles. The summed E-state index contributed by atoms with van der Waals surface area (Å²) < 4.78 is 1.59. The van der Waals surface area contributed by atoms with Gasteiger partial charge in [-0.2, -0.15) is 10.1 Å². The number of fused-ring (bicyclic) bond motifs is 1. The predicted molar refractivity (Wildman–Crippen MR) is 86.6 cm³/mol. The first-order valence-electron chi connectivity index (χ1n) is 6.89. The maximum atomic E-state index is 12.1. The molecule has 7 nitrogen and oxygen atoms in total. The zero-order chi connectivity index (χ0) is 16.6. The summed E-state index contributed by atoms with van der Waals surface area (Å²) in [6.45, 7) is 2.06. The summed E-state index contributed by atoms with van der Waals surface area (Å²) in [6.07, 6.45) is 0.0322. The van der Waals surface area contributed by atoms with E-state index in [4.69, 9.17) is 23.2 Å². The molecule has 1 aromatic heterocycles. The van der Waals surface area contributed by atoms with Crippen LogP contribution in [-0.2, 0) is 16.1 Å². The minimum atomic E-state index is -0.508. The van der Waals surface area contributed by atoms with Crippen LogP contribution in [0.25, 0.3) is 0 Å². The number of benzene rings is 1. The molecule has 23 heavy (non-hydrogen) atoms. The predicted octanol–water partition coefficient (Wildman–Crippen LogP) is 2.49. The van der Waals surface area contributed by atoms with Gasteiger partial charge < -0.3 is 5.32 Å². The van der Waals surface area contributed by atoms with Gasteiger partial charge in [-0.1, -0.05) is 23.2 Å². The number of nitrogens with one attached hydrogen (secondary N) is 2. The number of amides is 2. The van der Waals surface area contributed by atoms with Crippen LogP contribution in [0.15, 0.2) is 18.2 Å². The molecule has 1 aliphatic rings. The van der Waals surface area contributed by atoms with Gasteiger partial charge in [-0.3, -0.25) is 14.9 Å². The standard InChI is InChI=1S/C14H13Cl2N5O2/c1-7-17-14-19-13(23)8(6-21(14)20-7)4-12(22)18-9-2-3-10(15)11(16)5-9/h2-3,5,8H,4,6H2,1H3,(H,18,22)(H,17,19,20,23)/t8-/m0/s1. The molecule has 1 aromatic carbocycles. The molecule has 0 bridgehead atoms. The van der Waals surface area contributed by atoms with Crippen LogP contribution in [0.5, 0.6) is 0 Å². The van der Waals surface area contributed by atoms with E-state index in [9.17, 15) is 9.59 Å². The molecule has 2 heterocycles. The van der Waals surface area contributed by atoms with Crippen LogP contribution in [0.4, 0.5) is 11.6 Å². The Morgan fingerprint density at radius 1 is 1.43 bits per heavy atom. The average molecular weight is 354 g/mol. The second-order valence-electron chi connectivity index (χ2n) is 5.23. The monoisotopic (exact) mass is 353 g/mol. The normalized spacial score (nSPS) is 16.7. The molecule has 2 N–H and O–H groups in total. The van der Waals surface area contributed by atoms with Gasteiger partial charge in [0.2, 0.25) is 17.8 Å². The van der Waals surface area contributed by atoms with Gasteiger partial charge in [0.05, 0.1) is 22.5 Å². The van der Waals surface area contributed by atoms with E-state index < -0.39 is 5.92 Å². The molecule has 0 unspecified atom stereocenters. The van der Waals surface area contributed by atoms with Gasteiger partial charge in [0.15, 0.2) is 0 Å². The number of carbonyl (C=O) groups excluding carboxylic acids is 2. The highest BCUT2D eigenvalue weighted by Crippen LogP contribution is 2.25. The van der Waals surface area contributed by atoms with Gasteiger partial charge in [-0.15, -0.1) is 0 Å². The quantitative estimate of drug-likeness (QED) is 0.886. The summed E-state index contributed by atoms with van der Waals surface area (Å²) >= 11 is 11.7. The van der Waals surface area contributed by atoms with E-state index >= 15 is 0 Å². The first-order chi connectivity index (χ1) is 10.9. The van der Waals surface area contributed by atoms with E-state index in [0.717, 1.165) is 0 Å². The van der Waals surface area contributed by atoms with E-state index in [1.807, 2.05) is 0 Å². The lowest BCUT2D eigenvalue weighted by molar-refractivity contribution is -0.125. The molecule has 0 saturated heterocycles. The Kier molecular flexibility index (Phi) is 4.23. The fourth-order valence-electron chi connectivity index (χ4n) is 2.35. The third-order valence-electron chi connectivity index (χ3n) is 3.41. The van der Waals surface area contributed by atoms with Crippen molar-refractivity contribution in [3.8, 4) is 0 Å². The fourth-order valence-corrected chi connectivity index (χ4v) is 2.64. The lowest BCUT2D eigenvalue weighted by atomic mass is 10.0. The van der Waals surface area contributed by atoms with Crippen molar-refractivity contribution in [2.45, 2.75) is 19.9 Å². The van der Waals surface area contributed by atoms with E-state index in [2.05, 4.69) is 20.7 Å². The van der Waals surface area contributed by atoms with Crippen LogP contribution in [-0.4, -0.2) is 26.6 Å². The SMILES string of the molecule is Cc1nc2n(n1)C[C@H](CC(=O)Nc1ccc(Cl)c(Cl)c1)C(=O)N2. The lowest BCUT2D eigenvalue weighted by Gasteiger charge is -2.21. The summed E-state index contributed by atoms with van der Waals surface area (Å²) in [5.74, 6) is -0.0563. The highest BCUT2D eigenvalue weighted by molar-refractivity contribution is 6.42. The van der Waals surface area contributed by atoms with Crippen LogP contribution >= 0.6 is 23.2 Å². The molecular formula is C14H13Cl2N5O2. The van der Waals surface area contributed by atoms with Crippen LogP contribution in [0.3, 0.4) is 0 Å². The summed E-state index contributed by atoms with van der Waals surface area (Å²) in [4.78, 5) is 28.3. The van der Waals surface area contributed by atoms with Crippen molar-refractivity contribution in [2.75, 3.05) is 10.6 Å². The van der Waals surface area contributed by atoms with E-state index in [-0.39, 0.29) is 18.2 Å². The molecular weight excluding hydrogens is 341 g/mol. The Labute approximate surface area is 142 Å². The molecule has 120 valence electrons. The number of anilines is 2. The highest BCUT2D eigenvalue weighted by Gasteiger charge is 2.29. The molecule has 0 aliphatic carbocycles. The number of hydrogen-bond acceptors (Lipinski definition) is 4. The number of aryl methyl sites for hydroxylation is 1. The van der Waals surface area contributed by atoms with Gasteiger partial charge in [0.1, 0.15) is 5.82 Å². The number of nitrogens with zero attached hydrogens (tertiary/aromatic N) is 3. The fraction of sp³-hybridized carbons (Fsp3) is 0.286. The van der Waals surface area contributed by atoms with Crippen molar-refractivity contribution < 1.29 is 9.59 Å². The van der Waals surface area contributed by atoms with Crippen LogP contribution in [0.2, 0.25) is 10.0 Å². The summed E-state index contributed by atoms with van der Waals surface area (Å²) in [6, 6.07) is 4.80. The Balaban J connectivity index is 1.66. The summed E-state index contributed by atoms with van der Waals surface area (Å²) in [7, 11) is 0. The second-order valence-corrected chi connectivity index (χ2v) is 6.05. The second kappa shape index (κ2) is 6.17. The molecule has 1 atom stereocenters. The minimum Gasteiger partial charge on any atom is -0.326 e.